The summed E-state index contributed by atoms with van der Waals surface area (Å²) >= 11 is 6.04. The normalized spacial score (nSPS) is 11.8. The molecule has 6 heteroatoms. The van der Waals surface area contributed by atoms with Crippen molar-refractivity contribution in [3.05, 3.63) is 101 Å². The molecule has 0 heterocycles. The van der Waals surface area contributed by atoms with Gasteiger partial charge in [-0.25, -0.2) is 0 Å². The van der Waals surface area contributed by atoms with E-state index in [1.54, 1.807) is 55.5 Å². The van der Waals surface area contributed by atoms with Gasteiger partial charge in [0.1, 0.15) is 11.8 Å². The molecule has 0 bridgehead atoms. The number of ether oxygens (including phenoxy) is 1. The molecular formula is C25H22ClN3O2. The van der Waals surface area contributed by atoms with Crippen LogP contribution in [0.25, 0.3) is 0 Å². The van der Waals surface area contributed by atoms with Crippen LogP contribution in [0, 0.1) is 11.8 Å². The Morgan fingerprint density at radius 1 is 1.03 bits per heavy atom. The average Bonchev–Trinajstić information content (AvgIpc) is 2.80. The predicted octanol–water partition coefficient (Wildman–Crippen LogP) is 4.53. The van der Waals surface area contributed by atoms with Crippen LogP contribution < -0.4 is 10.5 Å². The minimum atomic E-state index is -0.446. The third-order valence-corrected chi connectivity index (χ3v) is 4.87. The van der Waals surface area contributed by atoms with Crippen LogP contribution in [-0.4, -0.2) is 30.9 Å². The van der Waals surface area contributed by atoms with Gasteiger partial charge in [0.15, 0.2) is 0 Å². The second-order valence-corrected chi connectivity index (χ2v) is 7.14. The van der Waals surface area contributed by atoms with E-state index in [2.05, 4.69) is 16.8 Å². The molecule has 2 N–H and O–H groups in total. The van der Waals surface area contributed by atoms with E-state index in [1.165, 1.54) is 0 Å². The van der Waals surface area contributed by atoms with Crippen LogP contribution in [0.15, 0.2) is 83.9 Å². The van der Waals surface area contributed by atoms with Gasteiger partial charge in [0.2, 0.25) is 5.96 Å². The molecule has 5 nitrogen and oxygen atoms in total. The second-order valence-electron chi connectivity index (χ2n) is 6.70. The summed E-state index contributed by atoms with van der Waals surface area (Å²) in [6.45, 7) is 0. The van der Waals surface area contributed by atoms with Gasteiger partial charge in [0.05, 0.1) is 7.11 Å². The molecule has 0 aliphatic heterocycles. The number of hydrogen-bond donors (Lipinski definition) is 1. The number of aliphatic imine (C=N–C) groups is 1. The van der Waals surface area contributed by atoms with Crippen LogP contribution in [0.3, 0.4) is 0 Å². The maximum atomic E-state index is 12.6. The quantitative estimate of drug-likeness (QED) is 0.374. The highest BCUT2D eigenvalue weighted by atomic mass is 35.5. The van der Waals surface area contributed by atoms with Crippen molar-refractivity contribution in [3.8, 4) is 17.6 Å². The Morgan fingerprint density at radius 2 is 1.68 bits per heavy atom. The second kappa shape index (κ2) is 10.3. The summed E-state index contributed by atoms with van der Waals surface area (Å²) in [7, 11) is 3.31. The number of benzene rings is 3. The lowest BCUT2D eigenvalue weighted by Gasteiger charge is -2.25. The number of halogens is 1. The standard InChI is InChI=1S/C25H22ClN3O2/c1-29(25(27)28-24(30)20-11-15-22(31-2)16-12-20)23(19-9-13-21(26)14-10-19)17-8-18-6-4-3-5-7-18/h3-7,9-16,23H,1-2H3,(H2,27,28,30). The van der Waals surface area contributed by atoms with E-state index in [-0.39, 0.29) is 5.96 Å². The van der Waals surface area contributed by atoms with Crippen molar-refractivity contribution in [2.45, 2.75) is 6.04 Å². The maximum Gasteiger partial charge on any atom is 0.280 e. The molecule has 3 rings (SSSR count). The molecule has 0 saturated heterocycles. The fourth-order valence-electron chi connectivity index (χ4n) is 2.84. The SMILES string of the molecule is COc1ccc(C(=O)/N=C(\N)N(C)C(C#Cc2ccccc2)c2ccc(Cl)cc2)cc1. The summed E-state index contributed by atoms with van der Waals surface area (Å²) in [5.41, 5.74) is 8.35. The highest BCUT2D eigenvalue weighted by molar-refractivity contribution is 6.30. The number of nitrogens with two attached hydrogens (primary N) is 1. The van der Waals surface area contributed by atoms with Crippen LogP contribution in [0.5, 0.6) is 5.75 Å². The summed E-state index contributed by atoms with van der Waals surface area (Å²) in [5, 5.41) is 0.623. The number of hydrogen-bond acceptors (Lipinski definition) is 2. The molecule has 0 aromatic heterocycles. The monoisotopic (exact) mass is 431 g/mol. The van der Waals surface area contributed by atoms with Gasteiger partial charge >= 0.3 is 0 Å². The zero-order valence-corrected chi connectivity index (χ0v) is 18.0. The lowest BCUT2D eigenvalue weighted by atomic mass is 10.1. The highest BCUT2D eigenvalue weighted by Crippen LogP contribution is 2.21. The molecule has 0 radical (unpaired) electrons. The van der Waals surface area contributed by atoms with E-state index < -0.39 is 11.9 Å². The fourth-order valence-corrected chi connectivity index (χ4v) is 2.96. The Balaban J connectivity index is 1.89. The lowest BCUT2D eigenvalue weighted by Crippen LogP contribution is -2.37. The van der Waals surface area contributed by atoms with Gasteiger partial charge in [-0.15, -0.1) is 0 Å². The van der Waals surface area contributed by atoms with E-state index >= 15 is 0 Å². The predicted molar refractivity (Wildman–Crippen MR) is 124 cm³/mol. The van der Waals surface area contributed by atoms with Crippen molar-refractivity contribution in [1.29, 1.82) is 0 Å². The van der Waals surface area contributed by atoms with Gasteiger partial charge in [-0.2, -0.15) is 4.99 Å². The molecule has 0 spiro atoms. The first-order valence-electron chi connectivity index (χ1n) is 9.55. The third kappa shape index (κ3) is 5.88. The molecule has 0 aliphatic carbocycles. The number of rotatable bonds is 4. The number of amides is 1. The number of carbonyl (C=O) groups is 1. The Morgan fingerprint density at radius 3 is 2.29 bits per heavy atom. The van der Waals surface area contributed by atoms with Crippen LogP contribution in [0.2, 0.25) is 5.02 Å². The van der Waals surface area contributed by atoms with Gasteiger partial charge in [0.25, 0.3) is 5.91 Å². The van der Waals surface area contributed by atoms with E-state index in [1.807, 2.05) is 42.5 Å². The molecule has 3 aromatic rings. The van der Waals surface area contributed by atoms with Gasteiger partial charge in [-0.3, -0.25) is 4.79 Å². The van der Waals surface area contributed by atoms with Crippen molar-refractivity contribution < 1.29 is 9.53 Å². The zero-order valence-electron chi connectivity index (χ0n) is 17.2. The third-order valence-electron chi connectivity index (χ3n) is 4.61. The van der Waals surface area contributed by atoms with Crippen molar-refractivity contribution >= 4 is 23.5 Å². The molecule has 1 amide bonds. The molecule has 0 aliphatic rings. The minimum absolute atomic E-state index is 0.0585. The Hall–Kier alpha value is -3.75. The summed E-state index contributed by atoms with van der Waals surface area (Å²) in [6, 6.07) is 23.2. The molecule has 31 heavy (non-hydrogen) atoms. The van der Waals surface area contributed by atoms with E-state index in [4.69, 9.17) is 22.1 Å². The molecule has 1 unspecified atom stereocenters. The molecule has 0 fully saturated rings. The minimum Gasteiger partial charge on any atom is -0.497 e. The van der Waals surface area contributed by atoms with Gasteiger partial charge < -0.3 is 15.4 Å². The molecule has 3 aromatic carbocycles. The first-order chi connectivity index (χ1) is 15.0. The average molecular weight is 432 g/mol. The molecule has 0 saturated carbocycles. The molecule has 156 valence electrons. The first kappa shape index (κ1) is 21.9. The van der Waals surface area contributed by atoms with Gasteiger partial charge in [0, 0.05) is 23.2 Å². The first-order valence-corrected chi connectivity index (χ1v) is 9.93. The van der Waals surface area contributed by atoms with Crippen molar-refractivity contribution in [3.63, 3.8) is 0 Å². The number of methoxy groups -OCH3 is 1. The zero-order chi connectivity index (χ0) is 22.2. The Kier molecular flexibility index (Phi) is 7.31. The summed E-state index contributed by atoms with van der Waals surface area (Å²) in [4.78, 5) is 18.3. The fraction of sp³-hybridized carbons (Fsp3) is 0.120. The number of carbonyl (C=O) groups excluding carboxylic acids is 1. The number of guanidine groups is 1. The summed E-state index contributed by atoms with van der Waals surface area (Å²) in [6.07, 6.45) is 0. The topological polar surface area (TPSA) is 67.9 Å². The van der Waals surface area contributed by atoms with E-state index in [0.717, 1.165) is 11.1 Å². The summed E-state index contributed by atoms with van der Waals surface area (Å²) in [5.74, 6) is 6.65. The Labute approximate surface area is 187 Å². The van der Waals surface area contributed by atoms with Crippen molar-refractivity contribution in [2.24, 2.45) is 10.7 Å². The highest BCUT2D eigenvalue weighted by Gasteiger charge is 2.18. The lowest BCUT2D eigenvalue weighted by molar-refractivity contribution is 0.100. The molecule has 1 atom stereocenters. The van der Waals surface area contributed by atoms with Crippen molar-refractivity contribution in [1.82, 2.24) is 4.90 Å². The Bertz CT molecular complexity index is 1120. The smallest absolute Gasteiger partial charge is 0.280 e. The van der Waals surface area contributed by atoms with Gasteiger partial charge in [-0.05, 0) is 54.1 Å². The van der Waals surface area contributed by atoms with E-state index in [9.17, 15) is 4.79 Å². The number of nitrogens with zero attached hydrogens (tertiary/aromatic N) is 2. The van der Waals surface area contributed by atoms with Crippen LogP contribution in [-0.2, 0) is 0 Å². The van der Waals surface area contributed by atoms with Crippen LogP contribution >= 0.6 is 11.6 Å². The van der Waals surface area contributed by atoms with Crippen LogP contribution in [0.1, 0.15) is 27.5 Å². The molecular weight excluding hydrogens is 410 g/mol. The van der Waals surface area contributed by atoms with Gasteiger partial charge in [-0.1, -0.05) is 53.8 Å². The summed E-state index contributed by atoms with van der Waals surface area (Å²) < 4.78 is 5.12. The maximum absolute atomic E-state index is 12.6. The van der Waals surface area contributed by atoms with Crippen molar-refractivity contribution in [2.75, 3.05) is 14.2 Å². The largest absolute Gasteiger partial charge is 0.497 e. The van der Waals surface area contributed by atoms with Crippen LogP contribution in [0.4, 0.5) is 0 Å². The van der Waals surface area contributed by atoms with E-state index in [0.29, 0.717) is 16.3 Å².